The molecule has 20 heavy (non-hydrogen) atoms. The predicted octanol–water partition coefficient (Wildman–Crippen LogP) is 1.56. The van der Waals surface area contributed by atoms with Crippen LogP contribution in [0.15, 0.2) is 29.2 Å². The lowest BCUT2D eigenvalue weighted by Crippen LogP contribution is -2.15. The molecule has 1 saturated carbocycles. The third-order valence-electron chi connectivity index (χ3n) is 3.37. The van der Waals surface area contributed by atoms with Crippen LogP contribution >= 0.6 is 0 Å². The molecule has 0 unspecified atom stereocenters. The summed E-state index contributed by atoms with van der Waals surface area (Å²) >= 11 is 0. The first-order valence-electron chi connectivity index (χ1n) is 6.74. The topological polar surface area (TPSA) is 93.2 Å². The first-order valence-corrected chi connectivity index (χ1v) is 8.39. The highest BCUT2D eigenvalue weighted by molar-refractivity contribution is 7.91. The van der Waals surface area contributed by atoms with Gasteiger partial charge in [-0.15, -0.1) is 0 Å². The third kappa shape index (κ3) is 4.31. The maximum Gasteiger partial charge on any atom is 0.180 e. The fourth-order valence-electron chi connectivity index (χ4n) is 1.90. The molecule has 2 rings (SSSR count). The molecule has 0 aliphatic heterocycles. The Kier molecular flexibility index (Phi) is 4.77. The third-order valence-corrected chi connectivity index (χ3v) is 5.04. The molecule has 0 atom stereocenters. The zero-order chi connectivity index (χ0) is 14.6. The van der Waals surface area contributed by atoms with Gasteiger partial charge in [-0.05, 0) is 24.5 Å². The highest BCUT2D eigenvalue weighted by Crippen LogP contribution is 2.32. The summed E-state index contributed by atoms with van der Waals surface area (Å²) in [4.78, 5) is 0.191. The lowest BCUT2D eigenvalue weighted by atomic mass is 10.2. The number of hydrogen-bond donors (Lipinski definition) is 2. The molecular weight excluding hydrogens is 276 g/mol. The Morgan fingerprint density at radius 1 is 1.35 bits per heavy atom. The van der Waals surface area contributed by atoms with E-state index in [2.05, 4.69) is 0 Å². The molecule has 0 spiro atoms. The minimum atomic E-state index is -3.38. The van der Waals surface area contributed by atoms with Gasteiger partial charge in [0.2, 0.25) is 0 Å². The van der Waals surface area contributed by atoms with Crippen LogP contribution in [-0.2, 0) is 14.6 Å². The molecule has 0 bridgehead atoms. The lowest BCUT2D eigenvalue weighted by Gasteiger charge is -2.07. The lowest BCUT2D eigenvalue weighted by molar-refractivity contribution is 0.142. The van der Waals surface area contributed by atoms with Gasteiger partial charge in [-0.25, -0.2) is 8.42 Å². The van der Waals surface area contributed by atoms with E-state index in [1.54, 1.807) is 12.1 Å². The van der Waals surface area contributed by atoms with Gasteiger partial charge in [-0.1, -0.05) is 25.0 Å². The molecule has 1 aliphatic carbocycles. The average Bonchev–Trinajstić information content (AvgIpc) is 3.22. The molecule has 0 heterocycles. The zero-order valence-electron chi connectivity index (χ0n) is 11.3. The smallest absolute Gasteiger partial charge is 0.180 e. The summed E-state index contributed by atoms with van der Waals surface area (Å²) in [7, 11) is -3.38. The highest BCUT2D eigenvalue weighted by Gasteiger charge is 2.20. The van der Waals surface area contributed by atoms with E-state index in [1.807, 2.05) is 0 Å². The summed E-state index contributed by atoms with van der Waals surface area (Å²) in [5.41, 5.74) is 5.78. The second-order valence-corrected chi connectivity index (χ2v) is 7.21. The molecular formula is C14H20N2O3S. The largest absolute Gasteiger partial charge is 0.384 e. The Bertz CT molecular complexity index is 580. The van der Waals surface area contributed by atoms with Gasteiger partial charge in [-0.3, -0.25) is 5.41 Å². The molecule has 3 N–H and O–H groups in total. The predicted molar refractivity (Wildman–Crippen MR) is 77.7 cm³/mol. The Hall–Kier alpha value is -1.40. The molecule has 5 nitrogen and oxygen atoms in total. The normalized spacial score (nSPS) is 15.2. The average molecular weight is 296 g/mol. The van der Waals surface area contributed by atoms with Crippen LogP contribution in [0.3, 0.4) is 0 Å². The Labute approximate surface area is 119 Å². The van der Waals surface area contributed by atoms with Crippen molar-refractivity contribution in [1.29, 1.82) is 5.41 Å². The second-order valence-electron chi connectivity index (χ2n) is 5.10. The number of nitrogens with two attached hydrogens (primary N) is 1. The maximum atomic E-state index is 12.1. The number of rotatable bonds is 8. The van der Waals surface area contributed by atoms with Crippen molar-refractivity contribution in [2.45, 2.75) is 24.2 Å². The summed E-state index contributed by atoms with van der Waals surface area (Å²) < 4.78 is 29.6. The Morgan fingerprint density at radius 3 is 2.75 bits per heavy atom. The first-order chi connectivity index (χ1) is 9.49. The minimum absolute atomic E-state index is 0.0426. The van der Waals surface area contributed by atoms with Crippen LogP contribution in [0, 0.1) is 11.3 Å². The van der Waals surface area contributed by atoms with E-state index in [0.717, 1.165) is 12.3 Å². The van der Waals surface area contributed by atoms with Gasteiger partial charge in [0, 0.05) is 12.2 Å². The number of sulfone groups is 1. The molecule has 0 aromatic heterocycles. The number of ether oxygens (including phenoxy) is 1. The quantitative estimate of drug-likeness (QED) is 0.432. The first kappa shape index (κ1) is 15.0. The fraction of sp³-hybridized carbons (Fsp3) is 0.500. The Morgan fingerprint density at radius 2 is 2.10 bits per heavy atom. The van der Waals surface area contributed by atoms with Crippen LogP contribution in [0.2, 0.25) is 0 Å². The van der Waals surface area contributed by atoms with Crippen LogP contribution in [0.25, 0.3) is 0 Å². The second kappa shape index (κ2) is 6.37. The van der Waals surface area contributed by atoms with Gasteiger partial charge in [-0.2, -0.15) is 0 Å². The molecule has 1 fully saturated rings. The molecule has 110 valence electrons. The highest BCUT2D eigenvalue weighted by atomic mass is 32.2. The van der Waals surface area contributed by atoms with E-state index >= 15 is 0 Å². The van der Waals surface area contributed by atoms with E-state index in [4.69, 9.17) is 15.9 Å². The number of hydrogen-bond acceptors (Lipinski definition) is 4. The number of amidine groups is 1. The van der Waals surface area contributed by atoms with E-state index in [9.17, 15) is 8.42 Å². The molecule has 1 aromatic rings. The van der Waals surface area contributed by atoms with Gasteiger partial charge in [0.15, 0.2) is 9.84 Å². The van der Waals surface area contributed by atoms with Crippen molar-refractivity contribution < 1.29 is 13.2 Å². The van der Waals surface area contributed by atoms with E-state index < -0.39 is 9.84 Å². The number of nitrogen functional groups attached to an aromatic ring is 1. The van der Waals surface area contributed by atoms with Gasteiger partial charge in [0.1, 0.15) is 5.84 Å². The van der Waals surface area contributed by atoms with Crippen molar-refractivity contribution in [3.05, 3.63) is 29.8 Å². The summed E-state index contributed by atoms with van der Waals surface area (Å²) in [5.74, 6) is 0.612. The van der Waals surface area contributed by atoms with Crippen molar-refractivity contribution in [2.24, 2.45) is 11.7 Å². The van der Waals surface area contributed by atoms with E-state index in [1.165, 1.54) is 25.0 Å². The van der Waals surface area contributed by atoms with Gasteiger partial charge in [0.05, 0.1) is 17.3 Å². The van der Waals surface area contributed by atoms with Crippen molar-refractivity contribution >= 4 is 15.7 Å². The summed E-state index contributed by atoms with van der Waals surface area (Å²) in [6.45, 7) is 0.840. The van der Waals surface area contributed by atoms with Crippen LogP contribution in [0.5, 0.6) is 0 Å². The standard InChI is InChI=1S/C14H20N2O3S/c15-14(16)12-2-1-3-13(10-12)20(17,18)9-8-19-7-6-11-4-5-11/h1-3,10-11H,4-9H2,(H3,15,16). The zero-order valence-corrected chi connectivity index (χ0v) is 12.2. The van der Waals surface area contributed by atoms with Gasteiger partial charge < -0.3 is 10.5 Å². The molecule has 6 heteroatoms. The van der Waals surface area contributed by atoms with Crippen LogP contribution in [0.1, 0.15) is 24.8 Å². The number of nitrogens with one attached hydrogen (secondary N) is 1. The van der Waals surface area contributed by atoms with Crippen molar-refractivity contribution in [3.63, 3.8) is 0 Å². The van der Waals surface area contributed by atoms with E-state index in [0.29, 0.717) is 12.2 Å². The molecule has 1 aliphatic rings. The van der Waals surface area contributed by atoms with Gasteiger partial charge in [0.25, 0.3) is 0 Å². The van der Waals surface area contributed by atoms with Crippen LogP contribution < -0.4 is 5.73 Å². The van der Waals surface area contributed by atoms with Crippen LogP contribution in [0.4, 0.5) is 0 Å². The van der Waals surface area contributed by atoms with Crippen molar-refractivity contribution in [2.75, 3.05) is 19.0 Å². The minimum Gasteiger partial charge on any atom is -0.384 e. The summed E-state index contributed by atoms with van der Waals surface area (Å²) in [6, 6.07) is 6.17. The monoisotopic (exact) mass is 296 g/mol. The van der Waals surface area contributed by atoms with Crippen LogP contribution in [-0.4, -0.2) is 33.2 Å². The molecule has 0 amide bonds. The Balaban J connectivity index is 1.88. The van der Waals surface area contributed by atoms with Crippen molar-refractivity contribution in [3.8, 4) is 0 Å². The summed E-state index contributed by atoms with van der Waals surface area (Å²) in [5, 5.41) is 7.33. The number of benzene rings is 1. The molecule has 0 saturated heterocycles. The molecule has 1 aromatic carbocycles. The SMILES string of the molecule is N=C(N)c1cccc(S(=O)(=O)CCOCCC2CC2)c1. The summed E-state index contributed by atoms with van der Waals surface area (Å²) in [6.07, 6.45) is 3.58. The van der Waals surface area contributed by atoms with Gasteiger partial charge >= 0.3 is 0 Å². The van der Waals surface area contributed by atoms with Crippen molar-refractivity contribution in [1.82, 2.24) is 0 Å². The van der Waals surface area contributed by atoms with E-state index in [-0.39, 0.29) is 23.1 Å². The fourth-order valence-corrected chi connectivity index (χ4v) is 3.07. The molecule has 0 radical (unpaired) electrons. The maximum absolute atomic E-state index is 12.1.